The van der Waals surface area contributed by atoms with Gasteiger partial charge >= 0.3 is 5.97 Å². The van der Waals surface area contributed by atoms with Gasteiger partial charge in [0.15, 0.2) is 0 Å². The maximum absolute atomic E-state index is 12.5. The molecule has 0 aliphatic carbocycles. The summed E-state index contributed by atoms with van der Waals surface area (Å²) in [6.45, 7) is 2.84. The lowest BCUT2D eigenvalue weighted by Gasteiger charge is -2.07. The first kappa shape index (κ1) is 25.5. The van der Waals surface area contributed by atoms with E-state index in [0.29, 0.717) is 17.9 Å². The number of carbonyl (C=O) groups is 1. The lowest BCUT2D eigenvalue weighted by Crippen LogP contribution is -2.08. The van der Waals surface area contributed by atoms with Gasteiger partial charge in [-0.05, 0) is 96.9 Å². The van der Waals surface area contributed by atoms with Crippen molar-refractivity contribution in [2.45, 2.75) is 26.2 Å². The number of azo groups is 1. The van der Waals surface area contributed by atoms with E-state index in [2.05, 4.69) is 22.1 Å². The lowest BCUT2D eigenvalue weighted by molar-refractivity contribution is 0.0734. The average Bonchev–Trinajstić information content (AvgIpc) is 2.95. The Bertz CT molecular complexity index is 1320. The fourth-order valence-corrected chi connectivity index (χ4v) is 3.38. The summed E-state index contributed by atoms with van der Waals surface area (Å²) in [6.07, 6.45) is 5.07. The minimum Gasteiger partial charge on any atom is -0.494 e. The molecule has 0 fully saturated rings. The van der Waals surface area contributed by atoms with Crippen LogP contribution in [0.4, 0.5) is 17.1 Å². The molecule has 0 aromatic heterocycles. The van der Waals surface area contributed by atoms with Gasteiger partial charge in [0.1, 0.15) is 11.5 Å². The largest absolute Gasteiger partial charge is 0.494 e. The molecule has 4 aromatic carbocycles. The highest BCUT2D eigenvalue weighted by atomic mass is 16.5. The summed E-state index contributed by atoms with van der Waals surface area (Å²) >= 11 is 0. The van der Waals surface area contributed by atoms with Gasteiger partial charge in [-0.2, -0.15) is 10.2 Å². The van der Waals surface area contributed by atoms with Crippen LogP contribution in [0.15, 0.2) is 118 Å². The molecule has 4 aromatic rings. The molecule has 0 heterocycles. The van der Waals surface area contributed by atoms with Gasteiger partial charge in [-0.15, -0.1) is 0 Å². The molecule has 0 atom stereocenters. The Kier molecular flexibility index (Phi) is 9.30. The SMILES string of the molecule is CCCCCOc1ccc(C(=O)Oc2ccc(C=Nc3ccc(N=Nc4ccccc4)cc3)cc2)cc1. The average molecular weight is 492 g/mol. The third-order valence-electron chi connectivity index (χ3n) is 5.45. The molecule has 0 spiro atoms. The monoisotopic (exact) mass is 491 g/mol. The molecule has 0 bridgehead atoms. The maximum atomic E-state index is 12.5. The summed E-state index contributed by atoms with van der Waals surface area (Å²) in [5, 5.41) is 8.45. The molecular formula is C31H29N3O3. The van der Waals surface area contributed by atoms with E-state index >= 15 is 0 Å². The predicted molar refractivity (Wildman–Crippen MR) is 147 cm³/mol. The molecule has 0 saturated carbocycles. The van der Waals surface area contributed by atoms with Crippen LogP contribution >= 0.6 is 0 Å². The Hall–Kier alpha value is -4.58. The van der Waals surface area contributed by atoms with Crippen LogP contribution in [-0.4, -0.2) is 18.8 Å². The quantitative estimate of drug-likeness (QED) is 0.0693. The second kappa shape index (κ2) is 13.5. The van der Waals surface area contributed by atoms with Crippen molar-refractivity contribution in [2.24, 2.45) is 15.2 Å². The molecule has 6 heteroatoms. The predicted octanol–water partition coefficient (Wildman–Crippen LogP) is 8.64. The Morgan fingerprint density at radius 3 is 2.00 bits per heavy atom. The van der Waals surface area contributed by atoms with Crippen LogP contribution in [0.25, 0.3) is 0 Å². The fraction of sp³-hybridized carbons (Fsp3) is 0.161. The summed E-state index contributed by atoms with van der Waals surface area (Å²) < 4.78 is 11.2. The van der Waals surface area contributed by atoms with Crippen molar-refractivity contribution < 1.29 is 14.3 Å². The summed E-state index contributed by atoms with van der Waals surface area (Å²) in [7, 11) is 0. The number of ether oxygens (including phenoxy) is 2. The minimum atomic E-state index is -0.413. The van der Waals surface area contributed by atoms with Gasteiger partial charge in [0, 0.05) is 6.21 Å². The number of benzene rings is 4. The molecule has 0 aliphatic rings. The van der Waals surface area contributed by atoms with E-state index in [0.717, 1.165) is 47.6 Å². The van der Waals surface area contributed by atoms with Crippen molar-refractivity contribution in [3.8, 4) is 11.5 Å². The summed E-state index contributed by atoms with van der Waals surface area (Å²) in [4.78, 5) is 17.0. The minimum absolute atomic E-state index is 0.413. The highest BCUT2D eigenvalue weighted by molar-refractivity contribution is 5.91. The van der Waals surface area contributed by atoms with E-state index in [-0.39, 0.29) is 0 Å². The number of rotatable bonds is 11. The number of nitrogens with zero attached hydrogens (tertiary/aromatic N) is 3. The molecule has 0 amide bonds. The number of carbonyl (C=O) groups excluding carboxylic acids is 1. The zero-order valence-corrected chi connectivity index (χ0v) is 20.8. The van der Waals surface area contributed by atoms with Crippen LogP contribution in [-0.2, 0) is 0 Å². The van der Waals surface area contributed by atoms with E-state index in [9.17, 15) is 4.79 Å². The van der Waals surface area contributed by atoms with E-state index in [1.165, 1.54) is 0 Å². The van der Waals surface area contributed by atoms with Gasteiger partial charge in [0.2, 0.25) is 0 Å². The fourth-order valence-electron chi connectivity index (χ4n) is 3.38. The number of unbranched alkanes of at least 4 members (excludes halogenated alkanes) is 2. The van der Waals surface area contributed by atoms with E-state index in [4.69, 9.17) is 9.47 Å². The van der Waals surface area contributed by atoms with Crippen LogP contribution in [0.5, 0.6) is 11.5 Å². The van der Waals surface area contributed by atoms with Crippen molar-refractivity contribution in [3.05, 3.63) is 114 Å². The highest BCUT2D eigenvalue weighted by Gasteiger charge is 2.09. The van der Waals surface area contributed by atoms with Crippen LogP contribution < -0.4 is 9.47 Å². The van der Waals surface area contributed by atoms with Gasteiger partial charge in [-0.25, -0.2) is 4.79 Å². The maximum Gasteiger partial charge on any atom is 0.343 e. The summed E-state index contributed by atoms with van der Waals surface area (Å²) in [6, 6.07) is 31.3. The van der Waals surface area contributed by atoms with E-state index < -0.39 is 5.97 Å². The smallest absolute Gasteiger partial charge is 0.343 e. The van der Waals surface area contributed by atoms with Crippen molar-refractivity contribution in [2.75, 3.05) is 6.61 Å². The van der Waals surface area contributed by atoms with Crippen LogP contribution in [0.1, 0.15) is 42.1 Å². The van der Waals surface area contributed by atoms with E-state index in [1.807, 2.05) is 66.7 Å². The second-order valence-corrected chi connectivity index (χ2v) is 8.35. The van der Waals surface area contributed by atoms with Crippen LogP contribution in [0.3, 0.4) is 0 Å². The zero-order chi connectivity index (χ0) is 25.7. The summed E-state index contributed by atoms with van der Waals surface area (Å²) in [5.74, 6) is 0.807. The van der Waals surface area contributed by atoms with Crippen LogP contribution in [0.2, 0.25) is 0 Å². The Balaban J connectivity index is 1.27. The summed E-state index contributed by atoms with van der Waals surface area (Å²) in [5.41, 5.74) is 3.71. The molecule has 0 N–H and O–H groups in total. The van der Waals surface area contributed by atoms with Crippen molar-refractivity contribution in [3.63, 3.8) is 0 Å². The number of hydrogen-bond donors (Lipinski definition) is 0. The third-order valence-corrected chi connectivity index (χ3v) is 5.45. The molecule has 0 radical (unpaired) electrons. The van der Waals surface area contributed by atoms with Gasteiger partial charge < -0.3 is 9.47 Å². The molecule has 0 saturated heterocycles. The Morgan fingerprint density at radius 2 is 1.32 bits per heavy atom. The Labute approximate surface area is 217 Å². The first-order valence-corrected chi connectivity index (χ1v) is 12.4. The van der Waals surface area contributed by atoms with Crippen molar-refractivity contribution >= 4 is 29.2 Å². The van der Waals surface area contributed by atoms with E-state index in [1.54, 1.807) is 42.6 Å². The molecule has 6 nitrogen and oxygen atoms in total. The first-order chi connectivity index (χ1) is 18.2. The molecule has 4 rings (SSSR count). The number of aliphatic imine (C=N–C) groups is 1. The van der Waals surface area contributed by atoms with Gasteiger partial charge in [0.05, 0.1) is 29.2 Å². The molecule has 0 unspecified atom stereocenters. The van der Waals surface area contributed by atoms with Gasteiger partial charge in [-0.1, -0.05) is 38.0 Å². The standard InChI is InChI=1S/C31H29N3O3/c1-2-3-7-22-36-29-20-12-25(13-21-29)31(35)37-30-18-10-24(11-19-30)23-32-26-14-16-28(17-15-26)34-33-27-8-5-4-6-9-27/h4-6,8-21,23H,2-3,7,22H2,1H3. The van der Waals surface area contributed by atoms with Gasteiger partial charge in [0.25, 0.3) is 0 Å². The number of hydrogen-bond acceptors (Lipinski definition) is 6. The van der Waals surface area contributed by atoms with Crippen LogP contribution in [0, 0.1) is 0 Å². The number of esters is 1. The topological polar surface area (TPSA) is 72.6 Å². The first-order valence-electron chi connectivity index (χ1n) is 12.4. The normalized spacial score (nSPS) is 11.2. The van der Waals surface area contributed by atoms with Crippen molar-refractivity contribution in [1.82, 2.24) is 0 Å². The lowest BCUT2D eigenvalue weighted by atomic mass is 10.2. The second-order valence-electron chi connectivity index (χ2n) is 8.35. The van der Waals surface area contributed by atoms with Crippen molar-refractivity contribution in [1.29, 1.82) is 0 Å². The molecular weight excluding hydrogens is 462 g/mol. The third kappa shape index (κ3) is 8.25. The Morgan fingerprint density at radius 1 is 0.703 bits per heavy atom. The molecule has 37 heavy (non-hydrogen) atoms. The highest BCUT2D eigenvalue weighted by Crippen LogP contribution is 2.22. The zero-order valence-electron chi connectivity index (χ0n) is 20.8. The van der Waals surface area contributed by atoms with Gasteiger partial charge in [-0.3, -0.25) is 4.99 Å². The molecule has 0 aliphatic heterocycles. The molecule has 186 valence electrons.